The summed E-state index contributed by atoms with van der Waals surface area (Å²) in [6, 6.07) is 12.0. The van der Waals surface area contributed by atoms with Gasteiger partial charge >= 0.3 is 0 Å². The van der Waals surface area contributed by atoms with Crippen LogP contribution in [-0.2, 0) is 0 Å². The Balaban J connectivity index is 1.94. The Kier molecular flexibility index (Phi) is 9.17. The van der Waals surface area contributed by atoms with Gasteiger partial charge in [-0.1, -0.05) is 43.6 Å². The first-order chi connectivity index (χ1) is 14.3. The molecule has 0 aliphatic rings. The maximum Gasteiger partial charge on any atom is 0.273 e. The summed E-state index contributed by atoms with van der Waals surface area (Å²) in [6.45, 7) is 9.45. The lowest BCUT2D eigenvalue weighted by Gasteiger charge is -2.14. The fourth-order valence-corrected chi connectivity index (χ4v) is 2.79. The van der Waals surface area contributed by atoms with E-state index in [2.05, 4.69) is 40.6 Å². The summed E-state index contributed by atoms with van der Waals surface area (Å²) in [5.41, 5.74) is 5.63. The second kappa shape index (κ2) is 11.6. The van der Waals surface area contributed by atoms with E-state index >= 15 is 0 Å². The Morgan fingerprint density at radius 1 is 0.900 bits per heavy atom. The molecule has 0 radical (unpaired) electrons. The van der Waals surface area contributed by atoms with Gasteiger partial charge in [-0.25, -0.2) is 0 Å². The number of ether oxygens (including phenoxy) is 2. The molecular formula is C23H29BrN2O4. The summed E-state index contributed by atoms with van der Waals surface area (Å²) in [5.74, 6) is 1.18. The van der Waals surface area contributed by atoms with E-state index in [1.54, 1.807) is 42.5 Å². The molecular weight excluding hydrogens is 448 g/mol. The number of carbonyl (C=O) groups excluding carboxylic acids is 2. The molecule has 0 saturated carbocycles. The Morgan fingerprint density at radius 2 is 1.57 bits per heavy atom. The molecule has 0 bridgehead atoms. The monoisotopic (exact) mass is 476 g/mol. The molecule has 0 atom stereocenters. The van der Waals surface area contributed by atoms with Crippen LogP contribution in [0.25, 0.3) is 0 Å². The number of nitrogens with one attached hydrogen (secondary N) is 2. The molecule has 0 spiro atoms. The van der Waals surface area contributed by atoms with Gasteiger partial charge in [-0.2, -0.15) is 0 Å². The predicted octanol–water partition coefficient (Wildman–Crippen LogP) is 4.98. The smallest absolute Gasteiger partial charge is 0.273 e. The van der Waals surface area contributed by atoms with Crippen molar-refractivity contribution in [3.8, 4) is 11.5 Å². The number of rotatable bonds is 9. The van der Waals surface area contributed by atoms with Crippen LogP contribution in [-0.4, -0.2) is 25.0 Å². The van der Waals surface area contributed by atoms with Gasteiger partial charge in [0.15, 0.2) is 0 Å². The normalized spacial score (nSPS) is 10.8. The van der Waals surface area contributed by atoms with E-state index in [1.807, 2.05) is 13.8 Å². The molecule has 2 aromatic rings. The topological polar surface area (TPSA) is 76.7 Å². The summed E-state index contributed by atoms with van der Waals surface area (Å²) in [6.07, 6.45) is 0.965. The third-order valence-corrected chi connectivity index (χ3v) is 4.62. The molecule has 0 saturated heterocycles. The van der Waals surface area contributed by atoms with Crippen molar-refractivity contribution in [1.29, 1.82) is 0 Å². The van der Waals surface area contributed by atoms with Gasteiger partial charge in [-0.05, 0) is 60.7 Å². The molecule has 2 amide bonds. The molecule has 0 fully saturated rings. The first-order valence-corrected chi connectivity index (χ1v) is 10.8. The van der Waals surface area contributed by atoms with Crippen LogP contribution in [0.2, 0.25) is 0 Å². The third kappa shape index (κ3) is 7.71. The van der Waals surface area contributed by atoms with E-state index in [0.29, 0.717) is 47.7 Å². The lowest BCUT2D eigenvalue weighted by atomic mass is 10.1. The summed E-state index contributed by atoms with van der Waals surface area (Å²) < 4.78 is 12.1. The SMILES string of the molecule is CC(C)CCOc1ccc(C(=O)NNC(=O)c2cc(Br)ccc2OCC(C)C)cc1. The fourth-order valence-electron chi connectivity index (χ4n) is 2.43. The lowest BCUT2D eigenvalue weighted by Crippen LogP contribution is -2.41. The maximum absolute atomic E-state index is 12.6. The van der Waals surface area contributed by atoms with E-state index < -0.39 is 11.8 Å². The van der Waals surface area contributed by atoms with Gasteiger partial charge in [-0.3, -0.25) is 20.4 Å². The summed E-state index contributed by atoms with van der Waals surface area (Å²) in [7, 11) is 0. The molecule has 0 aliphatic heterocycles. The summed E-state index contributed by atoms with van der Waals surface area (Å²) in [5, 5.41) is 0. The predicted molar refractivity (Wildman–Crippen MR) is 121 cm³/mol. The minimum Gasteiger partial charge on any atom is -0.494 e. The van der Waals surface area contributed by atoms with Crippen molar-refractivity contribution < 1.29 is 19.1 Å². The Bertz CT molecular complexity index is 851. The zero-order valence-corrected chi connectivity index (χ0v) is 19.4. The van der Waals surface area contributed by atoms with Crippen LogP contribution >= 0.6 is 15.9 Å². The van der Waals surface area contributed by atoms with Gasteiger partial charge < -0.3 is 9.47 Å². The molecule has 2 aromatic carbocycles. The number of carbonyl (C=O) groups is 2. The Hall–Kier alpha value is -2.54. The minimum atomic E-state index is -0.461. The molecule has 30 heavy (non-hydrogen) atoms. The zero-order chi connectivity index (χ0) is 22.1. The molecule has 6 nitrogen and oxygen atoms in total. The van der Waals surface area contributed by atoms with Crippen molar-refractivity contribution in [2.45, 2.75) is 34.1 Å². The Morgan fingerprint density at radius 3 is 2.20 bits per heavy atom. The molecule has 0 unspecified atom stereocenters. The fraction of sp³-hybridized carbons (Fsp3) is 0.391. The molecule has 162 valence electrons. The maximum atomic E-state index is 12.6. The second-order valence-electron chi connectivity index (χ2n) is 7.81. The zero-order valence-electron chi connectivity index (χ0n) is 17.8. The number of amides is 2. The second-order valence-corrected chi connectivity index (χ2v) is 8.72. The Labute approximate surface area is 186 Å². The van der Waals surface area contributed by atoms with Gasteiger partial charge in [0.25, 0.3) is 11.8 Å². The van der Waals surface area contributed by atoms with E-state index in [-0.39, 0.29) is 0 Å². The van der Waals surface area contributed by atoms with Crippen molar-refractivity contribution in [1.82, 2.24) is 10.9 Å². The quantitative estimate of drug-likeness (QED) is 0.500. The average Bonchev–Trinajstić information content (AvgIpc) is 2.71. The molecule has 7 heteroatoms. The third-order valence-electron chi connectivity index (χ3n) is 4.13. The van der Waals surface area contributed by atoms with Crippen LogP contribution in [0.3, 0.4) is 0 Å². The van der Waals surface area contributed by atoms with Crippen molar-refractivity contribution in [3.63, 3.8) is 0 Å². The highest BCUT2D eigenvalue weighted by Gasteiger charge is 2.15. The molecule has 2 N–H and O–H groups in total. The van der Waals surface area contributed by atoms with Gasteiger partial charge in [0, 0.05) is 10.0 Å². The van der Waals surface area contributed by atoms with Gasteiger partial charge in [-0.15, -0.1) is 0 Å². The van der Waals surface area contributed by atoms with E-state index in [9.17, 15) is 9.59 Å². The standard InChI is InChI=1S/C23H29BrN2O4/c1-15(2)11-12-29-19-8-5-17(6-9-19)22(27)25-26-23(28)20-13-18(24)7-10-21(20)30-14-16(3)4/h5-10,13,15-16H,11-12,14H2,1-4H3,(H,25,27)(H,26,28). The highest BCUT2D eigenvalue weighted by molar-refractivity contribution is 9.10. The number of hydrogen-bond acceptors (Lipinski definition) is 4. The van der Waals surface area contributed by atoms with E-state index in [1.165, 1.54) is 0 Å². The van der Waals surface area contributed by atoms with Crippen molar-refractivity contribution in [3.05, 3.63) is 58.1 Å². The minimum absolute atomic E-state index is 0.321. The van der Waals surface area contributed by atoms with Crippen LogP contribution in [0, 0.1) is 11.8 Å². The largest absolute Gasteiger partial charge is 0.494 e. The van der Waals surface area contributed by atoms with Gasteiger partial charge in [0.05, 0.1) is 18.8 Å². The van der Waals surface area contributed by atoms with Crippen molar-refractivity contribution in [2.24, 2.45) is 11.8 Å². The van der Waals surface area contributed by atoms with Crippen LogP contribution in [0.15, 0.2) is 46.9 Å². The number of hydrogen-bond donors (Lipinski definition) is 2. The number of hydrazine groups is 1. The number of benzene rings is 2. The first kappa shape index (κ1) is 23.7. The first-order valence-electron chi connectivity index (χ1n) is 10.0. The highest BCUT2D eigenvalue weighted by atomic mass is 79.9. The van der Waals surface area contributed by atoms with E-state index in [4.69, 9.17) is 9.47 Å². The van der Waals surface area contributed by atoms with Crippen LogP contribution in [0.1, 0.15) is 54.8 Å². The molecule has 0 aromatic heterocycles. The molecule has 0 heterocycles. The van der Waals surface area contributed by atoms with Crippen molar-refractivity contribution in [2.75, 3.05) is 13.2 Å². The average molecular weight is 477 g/mol. The summed E-state index contributed by atoms with van der Waals surface area (Å²) >= 11 is 3.36. The van der Waals surface area contributed by atoms with Gasteiger partial charge in [0.2, 0.25) is 0 Å². The van der Waals surface area contributed by atoms with Crippen molar-refractivity contribution >= 4 is 27.7 Å². The van der Waals surface area contributed by atoms with Crippen LogP contribution < -0.4 is 20.3 Å². The molecule has 0 aliphatic carbocycles. The molecule has 2 rings (SSSR count). The number of halogens is 1. The highest BCUT2D eigenvalue weighted by Crippen LogP contribution is 2.23. The van der Waals surface area contributed by atoms with Gasteiger partial charge in [0.1, 0.15) is 11.5 Å². The summed E-state index contributed by atoms with van der Waals surface area (Å²) in [4.78, 5) is 24.9. The lowest BCUT2D eigenvalue weighted by molar-refractivity contribution is 0.0844. The van der Waals surface area contributed by atoms with E-state index in [0.717, 1.165) is 10.9 Å². The van der Waals surface area contributed by atoms with Crippen LogP contribution in [0.5, 0.6) is 11.5 Å². The van der Waals surface area contributed by atoms with Crippen LogP contribution in [0.4, 0.5) is 0 Å².